The summed E-state index contributed by atoms with van der Waals surface area (Å²) in [6, 6.07) is 4.91. The van der Waals surface area contributed by atoms with E-state index in [0.29, 0.717) is 5.56 Å². The van der Waals surface area contributed by atoms with Crippen LogP contribution in [0.25, 0.3) is 11.4 Å². The van der Waals surface area contributed by atoms with Crippen LogP contribution in [0.1, 0.15) is 5.56 Å². The molecule has 0 fully saturated rings. The predicted octanol–water partition coefficient (Wildman–Crippen LogP) is 1.93. The lowest BCUT2D eigenvalue weighted by molar-refractivity contribution is 0.618. The molecule has 0 radical (unpaired) electrons. The molecule has 0 saturated carbocycles. The Balaban J connectivity index is 2.53. The van der Waals surface area contributed by atoms with Crippen molar-refractivity contribution in [1.82, 2.24) is 14.8 Å². The molecule has 1 heterocycles. The number of hydrogen-bond acceptors (Lipinski definition) is 2. The second-order valence-electron chi connectivity index (χ2n) is 3.23. The van der Waals surface area contributed by atoms with Gasteiger partial charge in [-0.1, -0.05) is 0 Å². The highest BCUT2D eigenvalue weighted by molar-refractivity contribution is 5.56. The lowest BCUT2D eigenvalue weighted by Gasteiger charge is -2.02. The molecule has 0 amide bonds. The summed E-state index contributed by atoms with van der Waals surface area (Å²) in [6.45, 7) is 1.73. The molecular formula is C10H10FN3. The Morgan fingerprint density at radius 1 is 1.36 bits per heavy atom. The van der Waals surface area contributed by atoms with E-state index in [9.17, 15) is 4.39 Å². The van der Waals surface area contributed by atoms with Crippen LogP contribution in [0.15, 0.2) is 24.5 Å². The van der Waals surface area contributed by atoms with Crippen LogP contribution in [0, 0.1) is 12.7 Å². The maximum absolute atomic E-state index is 13.0. The van der Waals surface area contributed by atoms with Crippen LogP contribution in [0.5, 0.6) is 0 Å². The number of halogens is 1. The van der Waals surface area contributed by atoms with Crippen LogP contribution in [0.4, 0.5) is 4.39 Å². The molecule has 0 bridgehead atoms. The van der Waals surface area contributed by atoms with E-state index in [1.807, 2.05) is 7.05 Å². The fourth-order valence-corrected chi connectivity index (χ4v) is 1.33. The topological polar surface area (TPSA) is 30.7 Å². The highest BCUT2D eigenvalue weighted by atomic mass is 19.1. The van der Waals surface area contributed by atoms with Gasteiger partial charge in [0.15, 0.2) is 5.82 Å². The molecule has 3 nitrogen and oxygen atoms in total. The van der Waals surface area contributed by atoms with Crippen molar-refractivity contribution in [2.75, 3.05) is 0 Å². The van der Waals surface area contributed by atoms with Gasteiger partial charge in [0.05, 0.1) is 0 Å². The second-order valence-corrected chi connectivity index (χ2v) is 3.23. The third kappa shape index (κ3) is 1.39. The fourth-order valence-electron chi connectivity index (χ4n) is 1.33. The lowest BCUT2D eigenvalue weighted by Crippen LogP contribution is -1.92. The molecule has 14 heavy (non-hydrogen) atoms. The van der Waals surface area contributed by atoms with Gasteiger partial charge in [-0.15, -0.1) is 10.2 Å². The number of aromatic nitrogens is 3. The summed E-state index contributed by atoms with van der Waals surface area (Å²) in [4.78, 5) is 0. The Kier molecular flexibility index (Phi) is 2.04. The van der Waals surface area contributed by atoms with Crippen molar-refractivity contribution in [3.05, 3.63) is 35.9 Å². The molecule has 0 N–H and O–H groups in total. The van der Waals surface area contributed by atoms with Gasteiger partial charge in [-0.3, -0.25) is 0 Å². The summed E-state index contributed by atoms with van der Waals surface area (Å²) in [5.74, 6) is 0.545. The first-order chi connectivity index (χ1) is 6.68. The van der Waals surface area contributed by atoms with Crippen LogP contribution in [-0.2, 0) is 7.05 Å². The normalized spacial score (nSPS) is 10.5. The van der Waals surface area contributed by atoms with Crippen molar-refractivity contribution in [3.8, 4) is 11.4 Å². The average molecular weight is 191 g/mol. The molecule has 0 unspecified atom stereocenters. The van der Waals surface area contributed by atoms with Gasteiger partial charge < -0.3 is 4.57 Å². The van der Waals surface area contributed by atoms with E-state index >= 15 is 0 Å². The highest BCUT2D eigenvalue weighted by Crippen LogP contribution is 2.18. The van der Waals surface area contributed by atoms with Gasteiger partial charge in [0.25, 0.3) is 0 Å². The zero-order valence-corrected chi connectivity index (χ0v) is 8.03. The van der Waals surface area contributed by atoms with Gasteiger partial charge in [0.2, 0.25) is 0 Å². The molecule has 72 valence electrons. The summed E-state index contributed by atoms with van der Waals surface area (Å²) < 4.78 is 14.8. The minimum atomic E-state index is -0.198. The van der Waals surface area contributed by atoms with Gasteiger partial charge in [-0.25, -0.2) is 4.39 Å². The van der Waals surface area contributed by atoms with E-state index in [1.165, 1.54) is 6.07 Å². The van der Waals surface area contributed by atoms with Gasteiger partial charge >= 0.3 is 0 Å². The second kappa shape index (κ2) is 3.21. The van der Waals surface area contributed by atoms with Crippen molar-refractivity contribution < 1.29 is 4.39 Å². The first kappa shape index (κ1) is 8.87. The molecule has 4 heteroatoms. The molecule has 0 atom stereocenters. The average Bonchev–Trinajstić information content (AvgIpc) is 2.57. The zero-order chi connectivity index (χ0) is 10.1. The molecule has 1 aromatic heterocycles. The highest BCUT2D eigenvalue weighted by Gasteiger charge is 2.05. The van der Waals surface area contributed by atoms with Crippen molar-refractivity contribution >= 4 is 0 Å². The minimum Gasteiger partial charge on any atom is -0.317 e. The Morgan fingerprint density at radius 3 is 2.71 bits per heavy atom. The van der Waals surface area contributed by atoms with E-state index in [-0.39, 0.29) is 5.82 Å². The Hall–Kier alpha value is -1.71. The minimum absolute atomic E-state index is 0.198. The third-order valence-corrected chi connectivity index (χ3v) is 2.13. The van der Waals surface area contributed by atoms with Crippen LogP contribution >= 0.6 is 0 Å². The maximum Gasteiger partial charge on any atom is 0.163 e. The SMILES string of the molecule is Cc1cc(-c2nncn2C)ccc1F. The monoisotopic (exact) mass is 191 g/mol. The predicted molar refractivity (Wildman–Crippen MR) is 51.1 cm³/mol. The zero-order valence-electron chi connectivity index (χ0n) is 8.03. The Labute approximate surface area is 81.2 Å². The van der Waals surface area contributed by atoms with E-state index in [1.54, 1.807) is 30.0 Å². The number of hydrogen-bond donors (Lipinski definition) is 0. The van der Waals surface area contributed by atoms with Crippen molar-refractivity contribution in [2.45, 2.75) is 6.92 Å². The molecule has 0 spiro atoms. The maximum atomic E-state index is 13.0. The molecule has 0 aliphatic heterocycles. The van der Waals surface area contributed by atoms with E-state index in [2.05, 4.69) is 10.2 Å². The summed E-state index contributed by atoms with van der Waals surface area (Å²) in [5.41, 5.74) is 1.49. The number of benzene rings is 1. The van der Waals surface area contributed by atoms with Crippen LogP contribution < -0.4 is 0 Å². The number of nitrogens with zero attached hydrogens (tertiary/aromatic N) is 3. The first-order valence-electron chi connectivity index (χ1n) is 4.29. The van der Waals surface area contributed by atoms with Crippen molar-refractivity contribution in [2.24, 2.45) is 7.05 Å². The standard InChI is InChI=1S/C10H10FN3/c1-7-5-8(3-4-9(7)11)10-13-12-6-14(10)2/h3-6H,1-2H3. The van der Waals surface area contributed by atoms with E-state index < -0.39 is 0 Å². The Morgan fingerprint density at radius 2 is 2.14 bits per heavy atom. The van der Waals surface area contributed by atoms with Crippen LogP contribution in [-0.4, -0.2) is 14.8 Å². The summed E-state index contributed by atoms with van der Waals surface area (Å²) in [6.07, 6.45) is 1.62. The largest absolute Gasteiger partial charge is 0.317 e. The molecule has 0 aliphatic rings. The summed E-state index contributed by atoms with van der Waals surface area (Å²) in [7, 11) is 1.86. The van der Waals surface area contributed by atoms with Gasteiger partial charge in [-0.05, 0) is 30.7 Å². The first-order valence-corrected chi connectivity index (χ1v) is 4.29. The van der Waals surface area contributed by atoms with E-state index in [0.717, 1.165) is 11.4 Å². The van der Waals surface area contributed by atoms with Crippen LogP contribution in [0.3, 0.4) is 0 Å². The fraction of sp³-hybridized carbons (Fsp3) is 0.200. The quantitative estimate of drug-likeness (QED) is 0.689. The third-order valence-electron chi connectivity index (χ3n) is 2.13. The summed E-state index contributed by atoms with van der Waals surface area (Å²) in [5, 5.41) is 7.72. The molecule has 0 saturated heterocycles. The van der Waals surface area contributed by atoms with Gasteiger partial charge in [-0.2, -0.15) is 0 Å². The number of rotatable bonds is 1. The van der Waals surface area contributed by atoms with Crippen molar-refractivity contribution in [1.29, 1.82) is 0 Å². The molecular weight excluding hydrogens is 181 g/mol. The van der Waals surface area contributed by atoms with Crippen molar-refractivity contribution in [3.63, 3.8) is 0 Å². The molecule has 2 rings (SSSR count). The van der Waals surface area contributed by atoms with Gasteiger partial charge in [0, 0.05) is 12.6 Å². The smallest absolute Gasteiger partial charge is 0.163 e. The Bertz CT molecular complexity index is 462. The van der Waals surface area contributed by atoms with Gasteiger partial charge in [0.1, 0.15) is 12.1 Å². The molecule has 2 aromatic rings. The lowest BCUT2D eigenvalue weighted by atomic mass is 10.1. The summed E-state index contributed by atoms with van der Waals surface area (Å²) >= 11 is 0. The van der Waals surface area contributed by atoms with Crippen LogP contribution in [0.2, 0.25) is 0 Å². The molecule has 1 aromatic carbocycles. The number of aryl methyl sites for hydroxylation is 2. The molecule has 0 aliphatic carbocycles. The van der Waals surface area contributed by atoms with E-state index in [4.69, 9.17) is 0 Å².